The molecule has 8 nitrogen and oxygen atoms in total. The molecule has 1 saturated heterocycles. The van der Waals surface area contributed by atoms with Crippen LogP contribution in [0.25, 0.3) is 28.2 Å². The van der Waals surface area contributed by atoms with Crippen molar-refractivity contribution in [1.29, 1.82) is 0 Å². The van der Waals surface area contributed by atoms with Crippen molar-refractivity contribution in [3.63, 3.8) is 0 Å². The quantitative estimate of drug-likeness (QED) is 0.240. The van der Waals surface area contributed by atoms with Gasteiger partial charge in [-0.05, 0) is 50.1 Å². The first kappa shape index (κ1) is 30.5. The van der Waals surface area contributed by atoms with E-state index in [0.717, 1.165) is 60.2 Å². The molecule has 1 aliphatic heterocycles. The van der Waals surface area contributed by atoms with Gasteiger partial charge in [-0.1, -0.05) is 60.7 Å². The molecule has 0 amide bonds. The SMILES string of the molecule is Cc1cccc(N2CCN(C(CC(C)O)N(C)c3ncnc4c3nc(-c3ccccc3)n4-c3ccccc3)CC2)c1C.Cl. The summed E-state index contributed by atoms with van der Waals surface area (Å²) in [6, 6.07) is 27.0. The van der Waals surface area contributed by atoms with Crippen LogP contribution in [0.4, 0.5) is 11.5 Å². The Balaban J connectivity index is 0.00000368. The highest BCUT2D eigenvalue weighted by Crippen LogP contribution is 2.33. The van der Waals surface area contributed by atoms with Crippen molar-refractivity contribution < 1.29 is 5.11 Å². The highest BCUT2D eigenvalue weighted by molar-refractivity contribution is 5.88. The fourth-order valence-corrected chi connectivity index (χ4v) is 6.08. The van der Waals surface area contributed by atoms with Crippen LogP contribution in [0.1, 0.15) is 24.5 Å². The van der Waals surface area contributed by atoms with Gasteiger partial charge in [0.15, 0.2) is 17.0 Å². The maximum absolute atomic E-state index is 10.6. The highest BCUT2D eigenvalue weighted by atomic mass is 35.5. The van der Waals surface area contributed by atoms with Crippen LogP contribution in [-0.4, -0.2) is 75.0 Å². The second-order valence-corrected chi connectivity index (χ2v) is 11.3. The lowest BCUT2D eigenvalue weighted by Crippen LogP contribution is -2.56. The maximum Gasteiger partial charge on any atom is 0.170 e. The first-order valence-electron chi connectivity index (χ1n) is 14.7. The van der Waals surface area contributed by atoms with Gasteiger partial charge < -0.3 is 14.9 Å². The predicted molar refractivity (Wildman–Crippen MR) is 178 cm³/mol. The van der Waals surface area contributed by atoms with Crippen LogP contribution < -0.4 is 9.80 Å². The summed E-state index contributed by atoms with van der Waals surface area (Å²) in [4.78, 5) is 21.8. The Kier molecular flexibility index (Phi) is 9.30. The first-order valence-corrected chi connectivity index (χ1v) is 14.7. The molecule has 1 fully saturated rings. The fraction of sp³-hybridized carbons (Fsp3) is 0.324. The van der Waals surface area contributed by atoms with E-state index >= 15 is 0 Å². The number of aryl methyl sites for hydroxylation is 1. The number of piperazine rings is 1. The van der Waals surface area contributed by atoms with E-state index in [0.29, 0.717) is 6.42 Å². The fourth-order valence-electron chi connectivity index (χ4n) is 6.08. The van der Waals surface area contributed by atoms with Gasteiger partial charge in [-0.3, -0.25) is 9.47 Å². The Morgan fingerprint density at radius 3 is 2.21 bits per heavy atom. The van der Waals surface area contributed by atoms with Gasteiger partial charge in [0.1, 0.15) is 12.2 Å². The van der Waals surface area contributed by atoms with Gasteiger partial charge in [-0.15, -0.1) is 12.4 Å². The number of imidazole rings is 1. The standard InChI is InChI=1S/C34H39N7O.ClH/c1-24-12-11-17-29(26(24)3)39-18-20-40(21-19-39)30(22-25(2)42)38(4)33-31-34(36-23-35-33)41(28-15-9-6-10-16-28)32(37-31)27-13-7-5-8-14-27;/h5-17,23,25,30,42H,18-22H2,1-4H3;1H. The van der Waals surface area contributed by atoms with Gasteiger partial charge in [0.25, 0.3) is 0 Å². The van der Waals surface area contributed by atoms with E-state index in [2.05, 4.69) is 82.6 Å². The zero-order chi connectivity index (χ0) is 29.2. The summed E-state index contributed by atoms with van der Waals surface area (Å²) in [5.41, 5.74) is 7.48. The Labute approximate surface area is 260 Å². The number of aliphatic hydroxyl groups excluding tert-OH is 1. The number of anilines is 2. The van der Waals surface area contributed by atoms with Crippen molar-refractivity contribution in [2.45, 2.75) is 39.5 Å². The van der Waals surface area contributed by atoms with Gasteiger partial charge in [0.2, 0.25) is 0 Å². The molecule has 2 aromatic heterocycles. The second kappa shape index (κ2) is 13.1. The van der Waals surface area contributed by atoms with Crippen LogP contribution in [-0.2, 0) is 0 Å². The molecule has 2 atom stereocenters. The normalized spacial score (nSPS) is 15.2. The van der Waals surface area contributed by atoms with Crippen LogP contribution >= 0.6 is 12.4 Å². The molecule has 3 heterocycles. The molecular formula is C34H40ClN7O. The summed E-state index contributed by atoms with van der Waals surface area (Å²) in [5, 5.41) is 10.6. The van der Waals surface area contributed by atoms with Crippen molar-refractivity contribution in [1.82, 2.24) is 24.4 Å². The number of rotatable bonds is 8. The minimum atomic E-state index is -0.464. The summed E-state index contributed by atoms with van der Waals surface area (Å²) >= 11 is 0. The van der Waals surface area contributed by atoms with Gasteiger partial charge in [0, 0.05) is 56.6 Å². The average Bonchev–Trinajstić information content (AvgIpc) is 3.42. The number of aliphatic hydroxyl groups is 1. The minimum absolute atomic E-state index is 0. The highest BCUT2D eigenvalue weighted by Gasteiger charge is 2.31. The van der Waals surface area contributed by atoms with Gasteiger partial charge in [-0.25, -0.2) is 15.0 Å². The molecule has 0 saturated carbocycles. The number of fused-ring (bicyclic) bond motifs is 1. The van der Waals surface area contributed by atoms with Crippen LogP contribution in [0.5, 0.6) is 0 Å². The number of para-hydroxylation sites is 1. The molecule has 0 radical (unpaired) electrons. The summed E-state index contributed by atoms with van der Waals surface area (Å²) < 4.78 is 2.11. The van der Waals surface area contributed by atoms with E-state index in [4.69, 9.17) is 15.0 Å². The number of hydrogen-bond donors (Lipinski definition) is 1. The molecule has 2 unspecified atom stereocenters. The molecule has 5 aromatic rings. The lowest BCUT2D eigenvalue weighted by Gasteiger charge is -2.44. The van der Waals surface area contributed by atoms with Crippen molar-refractivity contribution in [3.05, 3.63) is 96.3 Å². The van der Waals surface area contributed by atoms with Crippen LogP contribution in [0.3, 0.4) is 0 Å². The summed E-state index contributed by atoms with van der Waals surface area (Å²) in [7, 11) is 2.07. The molecule has 0 aliphatic carbocycles. The van der Waals surface area contributed by atoms with Crippen molar-refractivity contribution in [3.8, 4) is 17.1 Å². The van der Waals surface area contributed by atoms with E-state index in [1.807, 2.05) is 43.3 Å². The molecule has 1 aliphatic rings. The molecule has 6 rings (SSSR count). The van der Waals surface area contributed by atoms with Crippen molar-refractivity contribution in [2.75, 3.05) is 43.0 Å². The lowest BCUT2D eigenvalue weighted by molar-refractivity contribution is 0.107. The summed E-state index contributed by atoms with van der Waals surface area (Å²) in [6.07, 6.45) is 1.71. The van der Waals surface area contributed by atoms with Crippen LogP contribution in [0.15, 0.2) is 85.2 Å². The van der Waals surface area contributed by atoms with E-state index in [9.17, 15) is 5.11 Å². The zero-order valence-electron chi connectivity index (χ0n) is 25.3. The van der Waals surface area contributed by atoms with E-state index < -0.39 is 6.10 Å². The third-order valence-corrected chi connectivity index (χ3v) is 8.46. The zero-order valence-corrected chi connectivity index (χ0v) is 26.1. The lowest BCUT2D eigenvalue weighted by atomic mass is 10.1. The first-order chi connectivity index (χ1) is 20.4. The molecule has 43 heavy (non-hydrogen) atoms. The number of benzene rings is 3. The van der Waals surface area contributed by atoms with Gasteiger partial charge in [-0.2, -0.15) is 0 Å². The van der Waals surface area contributed by atoms with Crippen molar-refractivity contribution >= 4 is 35.1 Å². The number of nitrogens with zero attached hydrogens (tertiary/aromatic N) is 7. The molecular weight excluding hydrogens is 558 g/mol. The Morgan fingerprint density at radius 1 is 0.860 bits per heavy atom. The predicted octanol–water partition coefficient (Wildman–Crippen LogP) is 5.88. The van der Waals surface area contributed by atoms with E-state index in [-0.39, 0.29) is 18.6 Å². The Bertz CT molecular complexity index is 1650. The monoisotopic (exact) mass is 597 g/mol. The number of hydrogen-bond acceptors (Lipinski definition) is 7. The molecule has 1 N–H and O–H groups in total. The van der Waals surface area contributed by atoms with Crippen molar-refractivity contribution in [2.24, 2.45) is 0 Å². The summed E-state index contributed by atoms with van der Waals surface area (Å²) in [6.45, 7) is 9.87. The molecule has 0 bridgehead atoms. The third-order valence-electron chi connectivity index (χ3n) is 8.46. The van der Waals surface area contributed by atoms with E-state index in [1.165, 1.54) is 16.8 Å². The maximum atomic E-state index is 10.6. The van der Waals surface area contributed by atoms with Gasteiger partial charge >= 0.3 is 0 Å². The Hall–Kier alpha value is -3.98. The van der Waals surface area contributed by atoms with Crippen LogP contribution in [0, 0.1) is 13.8 Å². The smallest absolute Gasteiger partial charge is 0.170 e. The number of aromatic nitrogens is 4. The second-order valence-electron chi connectivity index (χ2n) is 11.3. The van der Waals surface area contributed by atoms with Crippen LogP contribution in [0.2, 0.25) is 0 Å². The Morgan fingerprint density at radius 2 is 1.53 bits per heavy atom. The average molecular weight is 598 g/mol. The van der Waals surface area contributed by atoms with Gasteiger partial charge in [0.05, 0.1) is 12.3 Å². The minimum Gasteiger partial charge on any atom is -0.393 e. The largest absolute Gasteiger partial charge is 0.393 e. The van der Waals surface area contributed by atoms with E-state index in [1.54, 1.807) is 6.33 Å². The number of halogens is 1. The molecule has 9 heteroatoms. The molecule has 0 spiro atoms. The topological polar surface area (TPSA) is 73.6 Å². The molecule has 224 valence electrons. The molecule has 3 aromatic carbocycles. The third kappa shape index (κ3) is 6.09. The summed E-state index contributed by atoms with van der Waals surface area (Å²) in [5.74, 6) is 1.58.